The maximum absolute atomic E-state index is 12.8. The first-order valence-corrected chi connectivity index (χ1v) is 7.79. The molecule has 4 nitrogen and oxygen atoms in total. The maximum Gasteiger partial charge on any atom is 0.170 e. The molecular formula is C18H22O4. The second-order valence-corrected chi connectivity index (χ2v) is 6.23. The summed E-state index contributed by atoms with van der Waals surface area (Å²) in [5.74, 6) is 1.28. The summed E-state index contributed by atoms with van der Waals surface area (Å²) in [5, 5.41) is 10.3. The van der Waals surface area contributed by atoms with E-state index in [9.17, 15) is 9.90 Å². The fourth-order valence-electron chi connectivity index (χ4n) is 3.42. The minimum atomic E-state index is -0.118. The Bertz CT molecular complexity index is 612. The molecule has 0 aromatic heterocycles. The molecule has 0 spiro atoms. The maximum atomic E-state index is 12.8. The first kappa shape index (κ1) is 15.1. The number of ketones is 1. The Kier molecular flexibility index (Phi) is 4.21. The number of benzene rings is 1. The predicted molar refractivity (Wildman–Crippen MR) is 83.9 cm³/mol. The molecule has 0 bridgehead atoms. The first-order valence-electron chi connectivity index (χ1n) is 7.79. The Labute approximate surface area is 130 Å². The number of Topliss-reactive ketones (excluding diaryl/α,β-unsaturated/α-hetero) is 1. The summed E-state index contributed by atoms with van der Waals surface area (Å²) < 4.78 is 10.6. The van der Waals surface area contributed by atoms with Gasteiger partial charge in [0.15, 0.2) is 5.78 Å². The summed E-state index contributed by atoms with van der Waals surface area (Å²) in [6.45, 7) is 3.46. The van der Waals surface area contributed by atoms with Crippen molar-refractivity contribution < 1.29 is 19.4 Å². The number of hydrogen-bond acceptors (Lipinski definition) is 4. The van der Waals surface area contributed by atoms with Crippen LogP contribution < -0.4 is 4.74 Å². The van der Waals surface area contributed by atoms with Crippen molar-refractivity contribution >= 4 is 11.4 Å². The molecule has 1 fully saturated rings. The van der Waals surface area contributed by atoms with Crippen LogP contribution in [-0.4, -0.2) is 31.2 Å². The Morgan fingerprint density at radius 2 is 2.23 bits per heavy atom. The Morgan fingerprint density at radius 3 is 2.91 bits per heavy atom. The first-order chi connectivity index (χ1) is 10.6. The highest BCUT2D eigenvalue weighted by molar-refractivity contribution is 6.24. The molecule has 0 saturated carbocycles. The van der Waals surface area contributed by atoms with Crippen LogP contribution in [0.1, 0.15) is 30.4 Å². The van der Waals surface area contributed by atoms with Crippen LogP contribution in [0.25, 0.3) is 5.57 Å². The van der Waals surface area contributed by atoms with Crippen molar-refractivity contribution in [1.29, 1.82) is 0 Å². The monoisotopic (exact) mass is 302 g/mol. The van der Waals surface area contributed by atoms with Crippen LogP contribution in [0, 0.1) is 18.8 Å². The van der Waals surface area contributed by atoms with Gasteiger partial charge in [0.25, 0.3) is 0 Å². The molecule has 22 heavy (non-hydrogen) atoms. The van der Waals surface area contributed by atoms with Crippen molar-refractivity contribution in [3.63, 3.8) is 0 Å². The van der Waals surface area contributed by atoms with Crippen LogP contribution in [0.2, 0.25) is 0 Å². The minimum Gasteiger partial charge on any atom is -0.512 e. The summed E-state index contributed by atoms with van der Waals surface area (Å²) in [7, 11) is 1.60. The van der Waals surface area contributed by atoms with Gasteiger partial charge < -0.3 is 14.6 Å². The third kappa shape index (κ3) is 2.75. The molecule has 1 aliphatic heterocycles. The van der Waals surface area contributed by atoms with E-state index in [2.05, 4.69) is 0 Å². The third-order valence-electron chi connectivity index (χ3n) is 4.70. The summed E-state index contributed by atoms with van der Waals surface area (Å²) in [5.41, 5.74) is 2.23. The average Bonchev–Trinajstić information content (AvgIpc) is 3.10. The van der Waals surface area contributed by atoms with Crippen LogP contribution in [0.3, 0.4) is 0 Å². The number of methoxy groups -OCH3 is 1. The zero-order valence-electron chi connectivity index (χ0n) is 13.1. The molecule has 0 amide bonds. The number of carbonyl (C=O) groups is 1. The highest BCUT2D eigenvalue weighted by Gasteiger charge is 2.36. The largest absolute Gasteiger partial charge is 0.512 e. The van der Waals surface area contributed by atoms with Crippen LogP contribution in [0.15, 0.2) is 24.0 Å². The molecule has 1 N–H and O–H groups in total. The van der Waals surface area contributed by atoms with Crippen molar-refractivity contribution in [2.24, 2.45) is 11.8 Å². The van der Waals surface area contributed by atoms with Crippen LogP contribution in [-0.2, 0) is 9.53 Å². The fourth-order valence-corrected chi connectivity index (χ4v) is 3.42. The molecule has 2 unspecified atom stereocenters. The second kappa shape index (κ2) is 6.13. The smallest absolute Gasteiger partial charge is 0.170 e. The van der Waals surface area contributed by atoms with Gasteiger partial charge in [0.05, 0.1) is 12.7 Å². The van der Waals surface area contributed by atoms with E-state index in [1.807, 2.05) is 25.1 Å². The molecule has 118 valence electrons. The molecule has 0 radical (unpaired) electrons. The Hall–Kier alpha value is -1.81. The number of carbonyl (C=O) groups excluding carboxylic acids is 1. The van der Waals surface area contributed by atoms with Gasteiger partial charge in [-0.3, -0.25) is 4.79 Å². The molecule has 3 rings (SSSR count). The number of aryl methyl sites for hydroxylation is 1. The number of rotatable bonds is 4. The predicted octanol–water partition coefficient (Wildman–Crippen LogP) is 3.29. The lowest BCUT2D eigenvalue weighted by molar-refractivity contribution is -0.117. The molecule has 1 heterocycles. The number of aliphatic hydroxyl groups excluding tert-OH is 1. The number of ether oxygens (including phenoxy) is 2. The lowest BCUT2D eigenvalue weighted by Gasteiger charge is -2.14. The van der Waals surface area contributed by atoms with Gasteiger partial charge in [0.1, 0.15) is 11.5 Å². The van der Waals surface area contributed by atoms with E-state index < -0.39 is 0 Å². The van der Waals surface area contributed by atoms with Gasteiger partial charge >= 0.3 is 0 Å². The zero-order valence-corrected chi connectivity index (χ0v) is 13.1. The van der Waals surface area contributed by atoms with Crippen molar-refractivity contribution in [2.75, 3.05) is 20.3 Å². The molecule has 1 saturated heterocycles. The summed E-state index contributed by atoms with van der Waals surface area (Å²) >= 11 is 0. The van der Waals surface area contributed by atoms with Gasteiger partial charge in [0.2, 0.25) is 0 Å². The SMILES string of the molecule is COc1ccc(C)c(C2=C(O)CC(CC3CCOC3)C2=O)c1. The fraction of sp³-hybridized carbons (Fsp3) is 0.500. The van der Waals surface area contributed by atoms with Gasteiger partial charge in [-0.2, -0.15) is 0 Å². The van der Waals surface area contributed by atoms with Crippen molar-refractivity contribution in [3.05, 3.63) is 35.1 Å². The van der Waals surface area contributed by atoms with Gasteiger partial charge in [-0.1, -0.05) is 6.07 Å². The third-order valence-corrected chi connectivity index (χ3v) is 4.70. The average molecular weight is 302 g/mol. The summed E-state index contributed by atoms with van der Waals surface area (Å²) in [6, 6.07) is 5.61. The zero-order chi connectivity index (χ0) is 15.7. The van der Waals surface area contributed by atoms with E-state index in [1.54, 1.807) is 7.11 Å². The summed E-state index contributed by atoms with van der Waals surface area (Å²) in [4.78, 5) is 12.8. The Balaban J connectivity index is 1.84. The topological polar surface area (TPSA) is 55.8 Å². The number of allylic oxidation sites excluding steroid dienone is 2. The lowest BCUT2D eigenvalue weighted by atomic mass is 9.89. The van der Waals surface area contributed by atoms with Gasteiger partial charge in [-0.05, 0) is 48.9 Å². The lowest BCUT2D eigenvalue weighted by Crippen LogP contribution is -2.15. The van der Waals surface area contributed by atoms with E-state index in [4.69, 9.17) is 9.47 Å². The van der Waals surface area contributed by atoms with E-state index in [0.717, 1.165) is 37.2 Å². The molecular weight excluding hydrogens is 280 g/mol. The van der Waals surface area contributed by atoms with Crippen molar-refractivity contribution in [1.82, 2.24) is 0 Å². The minimum absolute atomic E-state index is 0.0563. The van der Waals surface area contributed by atoms with Gasteiger partial charge in [-0.15, -0.1) is 0 Å². The van der Waals surface area contributed by atoms with E-state index in [-0.39, 0.29) is 17.5 Å². The van der Waals surface area contributed by atoms with E-state index in [1.165, 1.54) is 0 Å². The molecule has 2 atom stereocenters. The molecule has 2 aliphatic rings. The van der Waals surface area contributed by atoms with Crippen LogP contribution in [0.5, 0.6) is 5.75 Å². The van der Waals surface area contributed by atoms with Crippen LogP contribution >= 0.6 is 0 Å². The highest BCUT2D eigenvalue weighted by Crippen LogP contribution is 2.39. The molecule has 1 aliphatic carbocycles. The van der Waals surface area contributed by atoms with Crippen LogP contribution in [0.4, 0.5) is 0 Å². The second-order valence-electron chi connectivity index (χ2n) is 6.23. The molecule has 1 aromatic rings. The van der Waals surface area contributed by atoms with Crippen molar-refractivity contribution in [3.8, 4) is 5.75 Å². The standard InChI is InChI=1S/C18H22O4/c1-11-3-4-14(21-2)9-15(11)17-16(19)8-13(18(17)20)7-12-5-6-22-10-12/h3-4,9,12-13,19H,5-8,10H2,1-2H3. The van der Waals surface area contributed by atoms with Gasteiger partial charge in [0, 0.05) is 25.6 Å². The van der Waals surface area contributed by atoms with E-state index >= 15 is 0 Å². The highest BCUT2D eigenvalue weighted by atomic mass is 16.5. The van der Waals surface area contributed by atoms with Crippen molar-refractivity contribution in [2.45, 2.75) is 26.2 Å². The molecule has 4 heteroatoms. The van der Waals surface area contributed by atoms with Gasteiger partial charge in [-0.25, -0.2) is 0 Å². The number of aliphatic hydroxyl groups is 1. The summed E-state index contributed by atoms with van der Waals surface area (Å²) in [6.07, 6.45) is 2.26. The Morgan fingerprint density at radius 1 is 1.41 bits per heavy atom. The number of hydrogen-bond donors (Lipinski definition) is 1. The van der Waals surface area contributed by atoms with E-state index in [0.29, 0.717) is 23.7 Å². The quantitative estimate of drug-likeness (QED) is 0.927. The molecule has 1 aromatic carbocycles. The normalized spacial score (nSPS) is 25.1.